The number of ether oxygens (including phenoxy) is 1. The molecule has 0 unspecified atom stereocenters. The van der Waals surface area contributed by atoms with E-state index >= 15 is 0 Å². The monoisotopic (exact) mass is 257 g/mol. The van der Waals surface area contributed by atoms with Crippen molar-refractivity contribution in [3.8, 4) is 5.75 Å². The van der Waals surface area contributed by atoms with E-state index in [1.54, 1.807) is 6.07 Å². The summed E-state index contributed by atoms with van der Waals surface area (Å²) in [6.07, 6.45) is 2.62. The fourth-order valence-electron chi connectivity index (χ4n) is 2.14. The topological polar surface area (TPSA) is 31.2 Å². The van der Waals surface area contributed by atoms with E-state index in [9.17, 15) is 4.79 Å². The van der Waals surface area contributed by atoms with Crippen LogP contribution in [-0.4, -0.2) is 4.57 Å². The average molecular weight is 257 g/mol. The molecule has 0 aliphatic rings. The Morgan fingerprint density at radius 1 is 1.11 bits per heavy atom. The second-order valence-corrected chi connectivity index (χ2v) is 4.37. The second-order valence-electron chi connectivity index (χ2n) is 4.37. The average Bonchev–Trinajstić information content (AvgIpc) is 2.46. The summed E-state index contributed by atoms with van der Waals surface area (Å²) in [5.74, 6) is 0.482. The van der Waals surface area contributed by atoms with Crippen LogP contribution in [0.25, 0.3) is 0 Å². The van der Waals surface area contributed by atoms with Gasteiger partial charge in [0.15, 0.2) is 5.75 Å². The molecule has 0 saturated carbocycles. The minimum atomic E-state index is -0.0440. The minimum absolute atomic E-state index is 0.0440. The van der Waals surface area contributed by atoms with Gasteiger partial charge in [-0.2, -0.15) is 0 Å². The van der Waals surface area contributed by atoms with Crippen molar-refractivity contribution in [1.82, 2.24) is 4.57 Å². The van der Waals surface area contributed by atoms with Gasteiger partial charge in [0, 0.05) is 18.8 Å². The van der Waals surface area contributed by atoms with Crippen LogP contribution < -0.4 is 10.2 Å². The fraction of sp³-hybridized carbons (Fsp3) is 0.312. The highest BCUT2D eigenvalue weighted by Gasteiger charge is 2.10. The first-order chi connectivity index (χ1) is 9.26. The number of rotatable bonds is 5. The third kappa shape index (κ3) is 3.05. The first-order valence-electron chi connectivity index (χ1n) is 6.65. The highest BCUT2D eigenvalue weighted by atomic mass is 16.5. The Labute approximate surface area is 113 Å². The summed E-state index contributed by atoms with van der Waals surface area (Å²) in [5, 5.41) is 0. The predicted molar refractivity (Wildman–Crippen MR) is 76.5 cm³/mol. The lowest BCUT2D eigenvalue weighted by Crippen LogP contribution is -2.16. The number of benzene rings is 1. The molecule has 3 nitrogen and oxygen atoms in total. The highest BCUT2D eigenvalue weighted by Crippen LogP contribution is 2.15. The third-order valence-electron chi connectivity index (χ3n) is 3.14. The Morgan fingerprint density at radius 2 is 1.84 bits per heavy atom. The van der Waals surface area contributed by atoms with E-state index in [1.165, 1.54) is 0 Å². The molecule has 100 valence electrons. The summed E-state index contributed by atoms with van der Waals surface area (Å²) >= 11 is 0. The summed E-state index contributed by atoms with van der Waals surface area (Å²) in [5.41, 5.74) is 1.99. The van der Waals surface area contributed by atoms with Gasteiger partial charge in [-0.05, 0) is 18.9 Å². The van der Waals surface area contributed by atoms with Crippen LogP contribution in [0.5, 0.6) is 5.75 Å². The van der Waals surface area contributed by atoms with Crippen molar-refractivity contribution in [3.63, 3.8) is 0 Å². The molecule has 0 radical (unpaired) electrons. The maximum absolute atomic E-state index is 11.9. The molecule has 1 aromatic heterocycles. The molecule has 0 fully saturated rings. The van der Waals surface area contributed by atoms with Gasteiger partial charge in [0.25, 0.3) is 0 Å². The van der Waals surface area contributed by atoms with Crippen LogP contribution in [0.2, 0.25) is 0 Å². The zero-order valence-corrected chi connectivity index (χ0v) is 11.4. The van der Waals surface area contributed by atoms with Crippen molar-refractivity contribution in [3.05, 3.63) is 64.1 Å². The lowest BCUT2D eigenvalue weighted by Gasteiger charge is -2.15. The van der Waals surface area contributed by atoms with E-state index in [4.69, 9.17) is 4.74 Å². The van der Waals surface area contributed by atoms with Crippen molar-refractivity contribution < 1.29 is 4.74 Å². The first-order valence-corrected chi connectivity index (χ1v) is 6.65. The molecule has 0 atom stereocenters. The van der Waals surface area contributed by atoms with E-state index in [0.717, 1.165) is 24.2 Å². The van der Waals surface area contributed by atoms with E-state index in [0.29, 0.717) is 12.4 Å². The Balaban J connectivity index is 2.26. The summed E-state index contributed by atoms with van der Waals surface area (Å²) in [4.78, 5) is 11.9. The predicted octanol–water partition coefficient (Wildman–Crippen LogP) is 3.01. The molecule has 1 aromatic carbocycles. The van der Waals surface area contributed by atoms with Crippen molar-refractivity contribution in [1.29, 1.82) is 0 Å². The van der Waals surface area contributed by atoms with Crippen LogP contribution in [0.1, 0.15) is 25.1 Å². The third-order valence-corrected chi connectivity index (χ3v) is 3.14. The molecule has 0 N–H and O–H groups in total. The molecule has 0 spiro atoms. The van der Waals surface area contributed by atoms with Crippen LogP contribution in [-0.2, 0) is 19.6 Å². The second kappa shape index (κ2) is 6.23. The van der Waals surface area contributed by atoms with Crippen LogP contribution in [0, 0.1) is 0 Å². The zero-order chi connectivity index (χ0) is 13.7. The van der Waals surface area contributed by atoms with E-state index in [2.05, 4.69) is 11.5 Å². The van der Waals surface area contributed by atoms with Crippen LogP contribution >= 0.6 is 0 Å². The van der Waals surface area contributed by atoms with Gasteiger partial charge in [0.2, 0.25) is 5.43 Å². The standard InChI is InChI=1S/C16H19NO2/c1-3-14-16(15(18)10-11-17(14)4-2)19-12-13-8-6-5-7-9-13/h5-11H,3-4,12H2,1-2H3. The van der Waals surface area contributed by atoms with Gasteiger partial charge in [0.1, 0.15) is 6.61 Å². The lowest BCUT2D eigenvalue weighted by atomic mass is 10.2. The Kier molecular flexibility index (Phi) is 4.39. The van der Waals surface area contributed by atoms with Crippen molar-refractivity contribution in [2.24, 2.45) is 0 Å². The van der Waals surface area contributed by atoms with E-state index < -0.39 is 0 Å². The van der Waals surface area contributed by atoms with Gasteiger partial charge < -0.3 is 9.30 Å². The first kappa shape index (κ1) is 13.4. The van der Waals surface area contributed by atoms with Gasteiger partial charge in [-0.1, -0.05) is 37.3 Å². The number of pyridine rings is 1. The van der Waals surface area contributed by atoms with Crippen molar-refractivity contribution in [2.75, 3.05) is 0 Å². The largest absolute Gasteiger partial charge is 0.483 e. The summed E-state index contributed by atoms with van der Waals surface area (Å²) in [6.45, 7) is 5.36. The van der Waals surface area contributed by atoms with E-state index in [-0.39, 0.29) is 5.43 Å². The zero-order valence-electron chi connectivity index (χ0n) is 11.4. The summed E-state index contributed by atoms with van der Waals surface area (Å²) < 4.78 is 7.81. The van der Waals surface area contributed by atoms with Crippen LogP contribution in [0.4, 0.5) is 0 Å². The Morgan fingerprint density at radius 3 is 2.47 bits per heavy atom. The SMILES string of the molecule is CCc1c(OCc2ccccc2)c(=O)ccn1CC. The number of aromatic nitrogens is 1. The molecule has 19 heavy (non-hydrogen) atoms. The summed E-state index contributed by atoms with van der Waals surface area (Å²) in [7, 11) is 0. The van der Waals surface area contributed by atoms with Crippen LogP contribution in [0.3, 0.4) is 0 Å². The van der Waals surface area contributed by atoms with Gasteiger partial charge in [-0.25, -0.2) is 0 Å². The molecule has 3 heteroatoms. The lowest BCUT2D eigenvalue weighted by molar-refractivity contribution is 0.296. The van der Waals surface area contributed by atoms with Gasteiger partial charge >= 0.3 is 0 Å². The molecule has 0 saturated heterocycles. The number of hydrogen-bond donors (Lipinski definition) is 0. The number of aryl methyl sites for hydroxylation is 1. The van der Waals surface area contributed by atoms with E-state index in [1.807, 2.05) is 43.5 Å². The quantitative estimate of drug-likeness (QED) is 0.824. The highest BCUT2D eigenvalue weighted by molar-refractivity contribution is 5.29. The fourth-order valence-corrected chi connectivity index (χ4v) is 2.14. The Hall–Kier alpha value is -2.03. The minimum Gasteiger partial charge on any atom is -0.483 e. The van der Waals surface area contributed by atoms with Gasteiger partial charge in [-0.3, -0.25) is 4.79 Å². The molecule has 0 bridgehead atoms. The van der Waals surface area contributed by atoms with Crippen LogP contribution in [0.15, 0.2) is 47.4 Å². The maximum Gasteiger partial charge on any atom is 0.223 e. The van der Waals surface area contributed by atoms with Gasteiger partial charge in [0.05, 0.1) is 5.69 Å². The normalized spacial score (nSPS) is 10.4. The van der Waals surface area contributed by atoms with Crippen molar-refractivity contribution in [2.45, 2.75) is 33.4 Å². The molecule has 0 aliphatic heterocycles. The smallest absolute Gasteiger partial charge is 0.223 e. The Bertz CT molecular complexity index is 587. The molecular weight excluding hydrogens is 238 g/mol. The molecular formula is C16H19NO2. The molecule has 0 aliphatic carbocycles. The summed E-state index contributed by atoms with van der Waals surface area (Å²) in [6, 6.07) is 11.5. The molecule has 1 heterocycles. The van der Waals surface area contributed by atoms with Crippen molar-refractivity contribution >= 4 is 0 Å². The number of hydrogen-bond acceptors (Lipinski definition) is 2. The van der Waals surface area contributed by atoms with Gasteiger partial charge in [-0.15, -0.1) is 0 Å². The molecule has 2 rings (SSSR count). The molecule has 2 aromatic rings. The maximum atomic E-state index is 11.9. The molecule has 0 amide bonds. The number of nitrogens with zero attached hydrogens (tertiary/aromatic N) is 1.